The normalized spacial score (nSPS) is 14.7. The molecule has 0 radical (unpaired) electrons. The Morgan fingerprint density at radius 2 is 1.88 bits per heavy atom. The number of rotatable bonds is 8. The fourth-order valence-electron chi connectivity index (χ4n) is 3.52. The van der Waals surface area contributed by atoms with E-state index in [4.69, 9.17) is 11.6 Å². The SMILES string of the molecule is Cc1cc(C)n(C(C)C(O)Nc2ccc(NC(=O)NCC(C)(O)c3ccc(F)cc3)cc2Cl)n1. The number of hydrogen-bond donors (Lipinski definition) is 5. The average Bonchev–Trinajstić information content (AvgIpc) is 3.11. The van der Waals surface area contributed by atoms with Crippen LogP contribution in [0.25, 0.3) is 0 Å². The molecule has 34 heavy (non-hydrogen) atoms. The van der Waals surface area contributed by atoms with E-state index in [0.717, 1.165) is 11.4 Å². The molecule has 0 aliphatic carbocycles. The number of nitrogens with zero attached hydrogens (tertiary/aromatic N) is 2. The second-order valence-electron chi connectivity index (χ2n) is 8.48. The first-order chi connectivity index (χ1) is 16.0. The summed E-state index contributed by atoms with van der Waals surface area (Å²) in [6.45, 7) is 7.08. The van der Waals surface area contributed by atoms with Crippen molar-refractivity contribution in [1.82, 2.24) is 15.1 Å². The number of anilines is 2. The van der Waals surface area contributed by atoms with Crippen LogP contribution in [0.5, 0.6) is 0 Å². The highest BCUT2D eigenvalue weighted by Crippen LogP contribution is 2.28. The van der Waals surface area contributed by atoms with Gasteiger partial charge >= 0.3 is 6.03 Å². The molecule has 3 rings (SSSR count). The van der Waals surface area contributed by atoms with Crippen molar-refractivity contribution < 1.29 is 19.4 Å². The van der Waals surface area contributed by atoms with Crippen molar-refractivity contribution in [3.8, 4) is 0 Å². The predicted octanol–water partition coefficient (Wildman–Crippen LogP) is 4.31. The Morgan fingerprint density at radius 1 is 1.21 bits per heavy atom. The van der Waals surface area contributed by atoms with Crippen LogP contribution >= 0.6 is 11.6 Å². The molecule has 0 saturated heterocycles. The minimum Gasteiger partial charge on any atom is -0.384 e. The van der Waals surface area contributed by atoms with Crippen LogP contribution in [-0.4, -0.2) is 38.8 Å². The van der Waals surface area contributed by atoms with Crippen LogP contribution in [0.3, 0.4) is 0 Å². The minimum absolute atomic E-state index is 0.0891. The van der Waals surface area contributed by atoms with Crippen molar-refractivity contribution in [2.75, 3.05) is 17.2 Å². The molecule has 3 unspecified atom stereocenters. The number of hydrogen-bond acceptors (Lipinski definition) is 5. The van der Waals surface area contributed by atoms with Crippen molar-refractivity contribution in [2.45, 2.75) is 45.6 Å². The smallest absolute Gasteiger partial charge is 0.319 e. The van der Waals surface area contributed by atoms with Crippen LogP contribution in [0.4, 0.5) is 20.6 Å². The van der Waals surface area contributed by atoms with Crippen molar-refractivity contribution in [1.29, 1.82) is 0 Å². The van der Waals surface area contributed by atoms with Gasteiger partial charge in [-0.05, 0) is 69.7 Å². The fraction of sp³-hybridized carbons (Fsp3) is 0.333. The molecular weight excluding hydrogens is 461 g/mol. The standard InChI is InChI=1S/C24H29ClFN5O3/c1-14-11-15(2)31(30-14)16(3)22(32)29-21-10-9-19(12-20(21)25)28-23(33)27-13-24(4,34)17-5-7-18(26)8-6-17/h5-12,16,22,29,32,34H,13H2,1-4H3,(H2,27,28,33). The van der Waals surface area contributed by atoms with E-state index >= 15 is 0 Å². The summed E-state index contributed by atoms with van der Waals surface area (Å²) in [5.41, 5.74) is 1.81. The van der Waals surface area contributed by atoms with Gasteiger partial charge in [-0.25, -0.2) is 9.18 Å². The van der Waals surface area contributed by atoms with Crippen LogP contribution in [0, 0.1) is 19.7 Å². The molecule has 3 atom stereocenters. The van der Waals surface area contributed by atoms with Gasteiger partial charge in [0.1, 0.15) is 17.6 Å². The molecule has 5 N–H and O–H groups in total. The van der Waals surface area contributed by atoms with E-state index in [9.17, 15) is 19.4 Å². The quantitative estimate of drug-likeness (QED) is 0.303. The first-order valence-corrected chi connectivity index (χ1v) is 11.1. The van der Waals surface area contributed by atoms with Crippen molar-refractivity contribution in [3.05, 3.63) is 76.3 Å². The van der Waals surface area contributed by atoms with E-state index in [1.807, 2.05) is 26.8 Å². The second-order valence-corrected chi connectivity index (χ2v) is 8.89. The number of carbonyl (C=O) groups is 1. The number of carbonyl (C=O) groups excluding carboxylic acids is 1. The van der Waals surface area contributed by atoms with Crippen LogP contribution < -0.4 is 16.0 Å². The zero-order chi connectivity index (χ0) is 25.0. The maximum absolute atomic E-state index is 13.1. The average molecular weight is 490 g/mol. The Labute approximate surface area is 202 Å². The fourth-order valence-corrected chi connectivity index (χ4v) is 3.76. The van der Waals surface area contributed by atoms with Gasteiger partial charge in [-0.3, -0.25) is 4.68 Å². The molecule has 2 amide bonds. The monoisotopic (exact) mass is 489 g/mol. The number of aliphatic hydroxyl groups excluding tert-OH is 1. The third-order valence-electron chi connectivity index (χ3n) is 5.48. The second kappa shape index (κ2) is 10.4. The summed E-state index contributed by atoms with van der Waals surface area (Å²) in [6, 6.07) is 11.3. The van der Waals surface area contributed by atoms with Crippen LogP contribution in [0.1, 0.15) is 36.8 Å². The summed E-state index contributed by atoms with van der Waals surface area (Å²) in [4.78, 5) is 12.3. The molecule has 0 fully saturated rings. The number of aryl methyl sites for hydroxylation is 2. The molecule has 0 saturated carbocycles. The van der Waals surface area contributed by atoms with Crippen molar-refractivity contribution >= 4 is 29.0 Å². The largest absolute Gasteiger partial charge is 0.384 e. The molecule has 1 aromatic heterocycles. The number of amides is 2. The molecular formula is C24H29ClFN5O3. The molecule has 1 heterocycles. The first kappa shape index (κ1) is 25.5. The van der Waals surface area contributed by atoms with Crippen LogP contribution in [-0.2, 0) is 5.60 Å². The zero-order valence-corrected chi connectivity index (χ0v) is 20.2. The molecule has 8 nitrogen and oxygen atoms in total. The Bertz CT molecular complexity index is 1150. The number of benzene rings is 2. The maximum atomic E-state index is 13.1. The Hall–Kier alpha value is -3.14. The molecule has 0 aliphatic rings. The molecule has 182 valence electrons. The van der Waals surface area contributed by atoms with E-state index in [2.05, 4.69) is 21.0 Å². The zero-order valence-electron chi connectivity index (χ0n) is 19.4. The van der Waals surface area contributed by atoms with Gasteiger partial charge in [0.2, 0.25) is 0 Å². The van der Waals surface area contributed by atoms with E-state index in [0.29, 0.717) is 22.0 Å². The van der Waals surface area contributed by atoms with E-state index < -0.39 is 23.7 Å². The maximum Gasteiger partial charge on any atom is 0.319 e. The number of urea groups is 1. The number of aliphatic hydroxyl groups is 2. The molecule has 2 aromatic carbocycles. The summed E-state index contributed by atoms with van der Waals surface area (Å²) >= 11 is 6.35. The summed E-state index contributed by atoms with van der Waals surface area (Å²) in [6.07, 6.45) is -0.952. The van der Waals surface area contributed by atoms with E-state index in [-0.39, 0.29) is 12.6 Å². The summed E-state index contributed by atoms with van der Waals surface area (Å²) in [7, 11) is 0. The van der Waals surface area contributed by atoms with Gasteiger partial charge in [0.05, 0.1) is 29.0 Å². The van der Waals surface area contributed by atoms with Gasteiger partial charge in [-0.2, -0.15) is 5.10 Å². The van der Waals surface area contributed by atoms with Crippen molar-refractivity contribution in [3.63, 3.8) is 0 Å². The summed E-state index contributed by atoms with van der Waals surface area (Å²) in [5.74, 6) is -0.409. The molecule has 0 aliphatic heterocycles. The Morgan fingerprint density at radius 3 is 2.47 bits per heavy atom. The lowest BCUT2D eigenvalue weighted by Gasteiger charge is -2.24. The van der Waals surface area contributed by atoms with Gasteiger partial charge in [0, 0.05) is 11.4 Å². The molecule has 3 aromatic rings. The lowest BCUT2D eigenvalue weighted by atomic mass is 9.96. The lowest BCUT2D eigenvalue weighted by Crippen LogP contribution is -2.40. The third-order valence-corrected chi connectivity index (χ3v) is 5.79. The number of halogens is 2. The number of aromatic nitrogens is 2. The van der Waals surface area contributed by atoms with Gasteiger partial charge in [-0.1, -0.05) is 23.7 Å². The van der Waals surface area contributed by atoms with Gasteiger partial charge in [0.15, 0.2) is 0 Å². The Balaban J connectivity index is 1.57. The van der Waals surface area contributed by atoms with Crippen LogP contribution in [0.2, 0.25) is 5.02 Å². The predicted molar refractivity (Wildman–Crippen MR) is 130 cm³/mol. The highest BCUT2D eigenvalue weighted by Gasteiger charge is 2.24. The highest BCUT2D eigenvalue weighted by molar-refractivity contribution is 6.33. The van der Waals surface area contributed by atoms with Gasteiger partial charge in [0.25, 0.3) is 0 Å². The molecule has 0 spiro atoms. The highest BCUT2D eigenvalue weighted by atomic mass is 35.5. The topological polar surface area (TPSA) is 111 Å². The Kier molecular flexibility index (Phi) is 7.81. The van der Waals surface area contributed by atoms with Gasteiger partial charge in [-0.15, -0.1) is 0 Å². The summed E-state index contributed by atoms with van der Waals surface area (Å²) < 4.78 is 14.8. The lowest BCUT2D eigenvalue weighted by molar-refractivity contribution is 0.0599. The van der Waals surface area contributed by atoms with Crippen LogP contribution in [0.15, 0.2) is 48.5 Å². The van der Waals surface area contributed by atoms with Gasteiger partial charge < -0.3 is 26.2 Å². The minimum atomic E-state index is -1.38. The third kappa shape index (κ3) is 6.25. The number of nitrogens with one attached hydrogen (secondary N) is 3. The molecule has 0 bridgehead atoms. The van der Waals surface area contributed by atoms with Crippen molar-refractivity contribution in [2.24, 2.45) is 0 Å². The summed E-state index contributed by atoms with van der Waals surface area (Å²) in [5, 5.41) is 34.1. The molecule has 10 heteroatoms. The van der Waals surface area contributed by atoms with E-state index in [1.165, 1.54) is 31.2 Å². The first-order valence-electron chi connectivity index (χ1n) is 10.8. The van der Waals surface area contributed by atoms with E-state index in [1.54, 1.807) is 22.9 Å².